The fraction of sp³-hybridized carbons (Fsp3) is 0.200. The van der Waals surface area contributed by atoms with Crippen LogP contribution in [0, 0.1) is 0 Å². The highest BCUT2D eigenvalue weighted by atomic mass is 79.9. The lowest BCUT2D eigenvalue weighted by molar-refractivity contribution is 0.584. The van der Waals surface area contributed by atoms with Crippen LogP contribution in [0.2, 0.25) is 0 Å². The van der Waals surface area contributed by atoms with Gasteiger partial charge in [0.1, 0.15) is 4.21 Å². The molecule has 0 fully saturated rings. The molecule has 0 aliphatic carbocycles. The van der Waals surface area contributed by atoms with Gasteiger partial charge in [-0.15, -0.1) is 11.3 Å². The predicted octanol–water partition coefficient (Wildman–Crippen LogP) is 3.09. The second-order valence-corrected chi connectivity index (χ2v) is 8.57. The monoisotopic (exact) mass is 351 g/mol. The maximum atomic E-state index is 11.9. The summed E-state index contributed by atoms with van der Waals surface area (Å²) in [6.45, 7) is 0.425. The standard InChI is InChI=1S/C10H10BrNO2S3/c11-9-1-2-10(16-9)17(13,14)12-5-3-8-4-6-15-7-8/h1-2,4,6-7,12H,3,5H2. The summed E-state index contributed by atoms with van der Waals surface area (Å²) in [7, 11) is -3.35. The van der Waals surface area contributed by atoms with Crippen molar-refractivity contribution in [3.8, 4) is 0 Å². The van der Waals surface area contributed by atoms with E-state index in [1.54, 1.807) is 23.5 Å². The lowest BCUT2D eigenvalue weighted by Crippen LogP contribution is -2.25. The van der Waals surface area contributed by atoms with Crippen LogP contribution >= 0.6 is 38.6 Å². The van der Waals surface area contributed by atoms with Crippen LogP contribution < -0.4 is 4.72 Å². The van der Waals surface area contributed by atoms with Gasteiger partial charge in [0.25, 0.3) is 0 Å². The highest BCUT2D eigenvalue weighted by molar-refractivity contribution is 9.11. The fourth-order valence-corrected chi connectivity index (χ4v) is 5.07. The van der Waals surface area contributed by atoms with Gasteiger partial charge in [-0.1, -0.05) is 0 Å². The van der Waals surface area contributed by atoms with Gasteiger partial charge in [0.15, 0.2) is 0 Å². The Hall–Kier alpha value is -0.210. The van der Waals surface area contributed by atoms with E-state index in [2.05, 4.69) is 20.7 Å². The first kappa shape index (κ1) is 13.2. The summed E-state index contributed by atoms with van der Waals surface area (Å²) >= 11 is 6.08. The van der Waals surface area contributed by atoms with Crippen LogP contribution in [0.1, 0.15) is 5.56 Å². The van der Waals surface area contributed by atoms with Crippen molar-refractivity contribution in [3.63, 3.8) is 0 Å². The molecule has 0 saturated carbocycles. The first-order valence-electron chi connectivity index (χ1n) is 4.84. The number of nitrogens with one attached hydrogen (secondary N) is 1. The number of halogens is 1. The van der Waals surface area contributed by atoms with Crippen LogP contribution in [0.15, 0.2) is 37.0 Å². The summed E-state index contributed by atoms with van der Waals surface area (Å²) in [5.41, 5.74) is 1.16. The highest BCUT2D eigenvalue weighted by Crippen LogP contribution is 2.25. The van der Waals surface area contributed by atoms with Crippen molar-refractivity contribution in [1.29, 1.82) is 0 Å². The Morgan fingerprint density at radius 3 is 2.71 bits per heavy atom. The number of hydrogen-bond donors (Lipinski definition) is 1. The van der Waals surface area contributed by atoms with Crippen molar-refractivity contribution in [2.24, 2.45) is 0 Å². The van der Waals surface area contributed by atoms with Gasteiger partial charge >= 0.3 is 0 Å². The fourth-order valence-electron chi connectivity index (χ4n) is 1.28. The smallest absolute Gasteiger partial charge is 0.210 e. The van der Waals surface area contributed by atoms with Crippen molar-refractivity contribution in [3.05, 3.63) is 38.3 Å². The molecule has 0 saturated heterocycles. The molecule has 0 aliphatic heterocycles. The first-order chi connectivity index (χ1) is 8.08. The molecule has 2 aromatic rings. The molecule has 0 aromatic carbocycles. The normalized spacial score (nSPS) is 11.8. The third kappa shape index (κ3) is 3.62. The van der Waals surface area contributed by atoms with Gasteiger partial charge in [0, 0.05) is 6.54 Å². The van der Waals surface area contributed by atoms with Gasteiger partial charge in [0.05, 0.1) is 3.79 Å². The van der Waals surface area contributed by atoms with E-state index in [9.17, 15) is 8.42 Å². The first-order valence-corrected chi connectivity index (χ1v) is 8.87. The molecule has 0 radical (unpaired) electrons. The van der Waals surface area contributed by atoms with Crippen molar-refractivity contribution in [1.82, 2.24) is 4.72 Å². The molecular formula is C10H10BrNO2S3. The number of thiophene rings is 2. The van der Waals surface area contributed by atoms with E-state index < -0.39 is 10.0 Å². The second-order valence-electron chi connectivity index (χ2n) is 3.34. The highest BCUT2D eigenvalue weighted by Gasteiger charge is 2.15. The van der Waals surface area contributed by atoms with Gasteiger partial charge in [-0.2, -0.15) is 11.3 Å². The van der Waals surface area contributed by atoms with Gasteiger partial charge in [-0.05, 0) is 56.9 Å². The second kappa shape index (κ2) is 5.62. The number of sulfonamides is 1. The molecule has 2 aromatic heterocycles. The molecule has 7 heteroatoms. The van der Waals surface area contributed by atoms with E-state index in [-0.39, 0.29) is 0 Å². The molecule has 0 spiro atoms. The third-order valence-electron chi connectivity index (χ3n) is 2.10. The third-order valence-corrected chi connectivity index (χ3v) is 6.41. The maximum absolute atomic E-state index is 11.9. The van der Waals surface area contributed by atoms with E-state index >= 15 is 0 Å². The summed E-state index contributed by atoms with van der Waals surface area (Å²) < 4.78 is 27.5. The van der Waals surface area contributed by atoms with Crippen LogP contribution in [0.3, 0.4) is 0 Å². The summed E-state index contributed by atoms with van der Waals surface area (Å²) in [5, 5.41) is 4.01. The minimum Gasteiger partial charge on any atom is -0.210 e. The van der Waals surface area contributed by atoms with E-state index in [1.165, 1.54) is 11.3 Å². The lowest BCUT2D eigenvalue weighted by Gasteiger charge is -2.03. The van der Waals surface area contributed by atoms with Crippen molar-refractivity contribution in [2.75, 3.05) is 6.54 Å². The Morgan fingerprint density at radius 1 is 1.29 bits per heavy atom. The molecular weight excluding hydrogens is 342 g/mol. The van der Waals surface area contributed by atoms with Crippen LogP contribution in [-0.2, 0) is 16.4 Å². The minimum atomic E-state index is -3.35. The van der Waals surface area contributed by atoms with E-state index in [0.29, 0.717) is 10.8 Å². The van der Waals surface area contributed by atoms with Gasteiger partial charge < -0.3 is 0 Å². The van der Waals surface area contributed by atoms with Crippen molar-refractivity contribution >= 4 is 48.6 Å². The Kier molecular flexibility index (Phi) is 4.37. The maximum Gasteiger partial charge on any atom is 0.250 e. The van der Waals surface area contributed by atoms with Crippen molar-refractivity contribution in [2.45, 2.75) is 10.6 Å². The quantitative estimate of drug-likeness (QED) is 0.899. The Morgan fingerprint density at radius 2 is 2.12 bits per heavy atom. The Balaban J connectivity index is 1.94. The molecule has 0 bridgehead atoms. The molecule has 0 atom stereocenters. The molecule has 2 rings (SSSR count). The summed E-state index contributed by atoms with van der Waals surface area (Å²) in [6.07, 6.45) is 0.718. The van der Waals surface area contributed by atoms with Crippen molar-refractivity contribution < 1.29 is 8.42 Å². The average molecular weight is 352 g/mol. The Bertz CT molecular complexity index is 574. The van der Waals surface area contributed by atoms with Crippen LogP contribution in [0.5, 0.6) is 0 Å². The largest absolute Gasteiger partial charge is 0.250 e. The summed E-state index contributed by atoms with van der Waals surface area (Å²) in [4.78, 5) is 0. The van der Waals surface area contributed by atoms with Crippen LogP contribution in [0.25, 0.3) is 0 Å². The lowest BCUT2D eigenvalue weighted by atomic mass is 10.2. The Labute approximate surface area is 117 Å². The summed E-state index contributed by atoms with van der Waals surface area (Å²) in [5.74, 6) is 0. The number of hydrogen-bond acceptors (Lipinski definition) is 4. The number of rotatable bonds is 5. The van der Waals surface area contributed by atoms with Gasteiger partial charge in [-0.3, -0.25) is 0 Å². The van der Waals surface area contributed by atoms with Gasteiger partial charge in [-0.25, -0.2) is 13.1 Å². The molecule has 0 amide bonds. The average Bonchev–Trinajstić information content (AvgIpc) is 2.89. The van der Waals surface area contributed by atoms with E-state index in [4.69, 9.17) is 0 Å². The molecule has 3 nitrogen and oxygen atoms in total. The zero-order valence-corrected chi connectivity index (χ0v) is 12.8. The molecule has 0 unspecified atom stereocenters. The predicted molar refractivity (Wildman–Crippen MR) is 75.2 cm³/mol. The zero-order valence-electron chi connectivity index (χ0n) is 8.72. The zero-order chi connectivity index (χ0) is 12.3. The minimum absolute atomic E-state index is 0.342. The van der Waals surface area contributed by atoms with Gasteiger partial charge in [0.2, 0.25) is 10.0 Å². The molecule has 1 N–H and O–H groups in total. The van der Waals surface area contributed by atoms with Crippen LogP contribution in [0.4, 0.5) is 0 Å². The summed E-state index contributed by atoms with van der Waals surface area (Å²) in [6, 6.07) is 5.33. The molecule has 92 valence electrons. The van der Waals surface area contributed by atoms with E-state index in [0.717, 1.165) is 15.8 Å². The van der Waals surface area contributed by atoms with E-state index in [1.807, 2.05) is 16.8 Å². The molecule has 0 aliphatic rings. The SMILES string of the molecule is O=S(=O)(NCCc1ccsc1)c1ccc(Br)s1. The van der Waals surface area contributed by atoms with Crippen LogP contribution in [-0.4, -0.2) is 15.0 Å². The topological polar surface area (TPSA) is 46.2 Å². The molecule has 17 heavy (non-hydrogen) atoms. The molecule has 2 heterocycles.